The minimum Gasteiger partial charge on any atom is -0.422 e. The number of benzene rings is 1. The van der Waals surface area contributed by atoms with Crippen molar-refractivity contribution in [1.29, 1.82) is 0 Å². The second-order valence-electron chi connectivity index (χ2n) is 5.78. The Morgan fingerprint density at radius 1 is 1.21 bits per heavy atom. The van der Waals surface area contributed by atoms with E-state index in [9.17, 15) is 13.2 Å². The molecule has 0 bridgehead atoms. The molecule has 0 radical (unpaired) electrons. The summed E-state index contributed by atoms with van der Waals surface area (Å²) in [6.45, 7) is 1.76. The van der Waals surface area contributed by atoms with Crippen LogP contribution in [-0.4, -0.2) is 29.7 Å². The van der Waals surface area contributed by atoms with Crippen molar-refractivity contribution >= 4 is 28.7 Å². The van der Waals surface area contributed by atoms with E-state index in [1.54, 1.807) is 6.92 Å². The topological polar surface area (TPSA) is 94.6 Å². The van der Waals surface area contributed by atoms with Gasteiger partial charge in [-0.15, -0.1) is 0 Å². The fourth-order valence-corrected chi connectivity index (χ4v) is 2.84. The van der Waals surface area contributed by atoms with Gasteiger partial charge in [-0.3, -0.25) is 4.98 Å². The second-order valence-corrected chi connectivity index (χ2v) is 6.19. The average Bonchev–Trinajstić information content (AvgIpc) is 3.28. The predicted octanol–water partition coefficient (Wildman–Crippen LogP) is 4.04. The van der Waals surface area contributed by atoms with Crippen molar-refractivity contribution in [2.45, 2.75) is 19.1 Å². The van der Waals surface area contributed by atoms with E-state index in [1.165, 1.54) is 29.6 Å². The maximum Gasteiger partial charge on any atom is 0.416 e. The Morgan fingerprint density at radius 2 is 2.04 bits per heavy atom. The zero-order valence-electron chi connectivity index (χ0n) is 14.1. The van der Waals surface area contributed by atoms with E-state index < -0.39 is 17.8 Å². The van der Waals surface area contributed by atoms with Gasteiger partial charge in [0.15, 0.2) is 17.2 Å². The highest BCUT2D eigenvalue weighted by atomic mass is 35.5. The fraction of sp³-hybridized carbons (Fsp3) is 0.188. The number of nitrogens with one attached hydrogen (secondary N) is 1. The second kappa shape index (κ2) is 6.75. The Bertz CT molecular complexity index is 1130. The quantitative estimate of drug-likeness (QED) is 0.543. The van der Waals surface area contributed by atoms with E-state index in [-0.39, 0.29) is 22.1 Å². The summed E-state index contributed by atoms with van der Waals surface area (Å²) < 4.78 is 45.8. The van der Waals surface area contributed by atoms with Crippen LogP contribution in [0.25, 0.3) is 16.9 Å². The molecular formula is C16H11ClF3N7O. The summed E-state index contributed by atoms with van der Waals surface area (Å²) in [5, 5.41) is 6.87. The monoisotopic (exact) mass is 409 g/mol. The number of hydrogen-bond donors (Lipinski definition) is 1. The number of anilines is 1. The van der Waals surface area contributed by atoms with Crippen LogP contribution in [0.1, 0.15) is 24.4 Å². The van der Waals surface area contributed by atoms with Crippen molar-refractivity contribution in [2.24, 2.45) is 0 Å². The number of rotatable bonds is 4. The van der Waals surface area contributed by atoms with Crippen molar-refractivity contribution in [3.63, 3.8) is 0 Å². The number of alkyl halides is 3. The lowest BCUT2D eigenvalue weighted by Crippen LogP contribution is -2.14. The minimum absolute atomic E-state index is 0.00239. The first kappa shape index (κ1) is 18.2. The highest BCUT2D eigenvalue weighted by Crippen LogP contribution is 2.36. The zero-order chi connectivity index (χ0) is 19.9. The van der Waals surface area contributed by atoms with E-state index in [0.717, 1.165) is 12.1 Å². The number of aromatic nitrogens is 6. The van der Waals surface area contributed by atoms with E-state index in [4.69, 9.17) is 16.0 Å². The normalized spacial score (nSPS) is 13.0. The van der Waals surface area contributed by atoms with Gasteiger partial charge in [0.2, 0.25) is 0 Å². The van der Waals surface area contributed by atoms with Crippen LogP contribution in [0.3, 0.4) is 0 Å². The van der Waals surface area contributed by atoms with Crippen LogP contribution in [0.2, 0.25) is 5.02 Å². The van der Waals surface area contributed by atoms with Crippen LogP contribution in [0.4, 0.5) is 19.2 Å². The molecule has 3 heterocycles. The Labute approximate surface area is 160 Å². The van der Waals surface area contributed by atoms with Gasteiger partial charge >= 0.3 is 6.18 Å². The fourth-order valence-electron chi connectivity index (χ4n) is 2.59. The molecule has 4 aromatic rings. The largest absolute Gasteiger partial charge is 0.422 e. The van der Waals surface area contributed by atoms with Crippen LogP contribution < -0.4 is 5.32 Å². The van der Waals surface area contributed by atoms with Gasteiger partial charge in [0.05, 0.1) is 22.8 Å². The van der Waals surface area contributed by atoms with Gasteiger partial charge in [0.1, 0.15) is 11.8 Å². The molecule has 12 heteroatoms. The molecular weight excluding hydrogens is 399 g/mol. The molecule has 1 aromatic carbocycles. The third kappa shape index (κ3) is 3.36. The first-order chi connectivity index (χ1) is 13.3. The highest BCUT2D eigenvalue weighted by molar-refractivity contribution is 6.34. The lowest BCUT2D eigenvalue weighted by molar-refractivity contribution is -0.137. The van der Waals surface area contributed by atoms with Gasteiger partial charge in [0.25, 0.3) is 6.01 Å². The molecule has 1 N–H and O–H groups in total. The van der Waals surface area contributed by atoms with Crippen molar-refractivity contribution in [3.8, 4) is 5.82 Å². The molecule has 8 nitrogen and oxygen atoms in total. The van der Waals surface area contributed by atoms with Crippen LogP contribution in [-0.2, 0) is 6.18 Å². The van der Waals surface area contributed by atoms with E-state index in [2.05, 4.69) is 30.4 Å². The van der Waals surface area contributed by atoms with Gasteiger partial charge in [-0.1, -0.05) is 11.6 Å². The summed E-state index contributed by atoms with van der Waals surface area (Å²) >= 11 is 5.92. The standard InChI is InChI=1S/C16H11ClF3N7O/c1-8(14-23-7-24-27(14)12-6-21-2-3-22-12)25-15-26-11-5-9(16(18,19)20)4-10(17)13(11)28-15/h2-8H,1H3,(H,25,26)/t8-/m0/s1. The molecule has 0 fully saturated rings. The molecule has 0 saturated carbocycles. The third-order valence-corrected chi connectivity index (χ3v) is 4.12. The van der Waals surface area contributed by atoms with Gasteiger partial charge in [0, 0.05) is 12.4 Å². The minimum atomic E-state index is -4.54. The van der Waals surface area contributed by atoms with Crippen LogP contribution in [0, 0.1) is 0 Å². The van der Waals surface area contributed by atoms with E-state index in [0.29, 0.717) is 11.6 Å². The molecule has 3 aromatic heterocycles. The van der Waals surface area contributed by atoms with Gasteiger partial charge in [-0.05, 0) is 19.1 Å². The van der Waals surface area contributed by atoms with Gasteiger partial charge < -0.3 is 9.73 Å². The van der Waals surface area contributed by atoms with Crippen molar-refractivity contribution in [3.05, 3.63) is 53.5 Å². The average molecular weight is 410 g/mol. The molecule has 0 unspecified atom stereocenters. The highest BCUT2D eigenvalue weighted by Gasteiger charge is 2.32. The third-order valence-electron chi connectivity index (χ3n) is 3.84. The van der Waals surface area contributed by atoms with Gasteiger partial charge in [-0.25, -0.2) is 9.97 Å². The molecule has 0 spiro atoms. The Kier molecular flexibility index (Phi) is 4.38. The molecule has 1 atom stereocenters. The summed E-state index contributed by atoms with van der Waals surface area (Å²) in [6.07, 6.45) is 1.37. The number of oxazole rings is 1. The first-order valence-electron chi connectivity index (χ1n) is 7.93. The molecule has 0 aliphatic heterocycles. The predicted molar refractivity (Wildman–Crippen MR) is 93.0 cm³/mol. The molecule has 0 saturated heterocycles. The first-order valence-corrected chi connectivity index (χ1v) is 8.31. The van der Waals surface area contributed by atoms with Crippen molar-refractivity contribution in [1.82, 2.24) is 29.7 Å². The molecule has 4 rings (SSSR count). The summed E-state index contributed by atoms with van der Waals surface area (Å²) in [6, 6.07) is 1.21. The molecule has 0 aliphatic rings. The molecule has 28 heavy (non-hydrogen) atoms. The lowest BCUT2D eigenvalue weighted by Gasteiger charge is -2.12. The molecule has 144 valence electrons. The zero-order valence-corrected chi connectivity index (χ0v) is 14.9. The Hall–Kier alpha value is -3.21. The number of halogens is 4. The Balaban J connectivity index is 1.64. The summed E-state index contributed by atoms with van der Waals surface area (Å²) in [5.41, 5.74) is -0.857. The molecule has 0 aliphatic carbocycles. The number of hydrogen-bond acceptors (Lipinski definition) is 7. The maximum atomic E-state index is 12.9. The van der Waals surface area contributed by atoms with Crippen molar-refractivity contribution < 1.29 is 17.6 Å². The Morgan fingerprint density at radius 3 is 2.75 bits per heavy atom. The number of nitrogens with zero attached hydrogens (tertiary/aromatic N) is 6. The van der Waals surface area contributed by atoms with Gasteiger partial charge in [-0.2, -0.15) is 27.9 Å². The number of fused-ring (bicyclic) bond motifs is 1. The van der Waals surface area contributed by atoms with E-state index >= 15 is 0 Å². The van der Waals surface area contributed by atoms with Crippen LogP contribution in [0.5, 0.6) is 0 Å². The van der Waals surface area contributed by atoms with Crippen LogP contribution >= 0.6 is 11.6 Å². The summed E-state index contributed by atoms with van der Waals surface area (Å²) in [4.78, 5) is 16.4. The lowest BCUT2D eigenvalue weighted by atomic mass is 10.2. The maximum absolute atomic E-state index is 12.9. The van der Waals surface area contributed by atoms with Crippen LogP contribution in [0.15, 0.2) is 41.5 Å². The van der Waals surface area contributed by atoms with Crippen molar-refractivity contribution in [2.75, 3.05) is 5.32 Å². The molecule has 0 amide bonds. The smallest absolute Gasteiger partial charge is 0.416 e. The van der Waals surface area contributed by atoms with E-state index in [1.807, 2.05) is 0 Å². The summed E-state index contributed by atoms with van der Waals surface area (Å²) in [7, 11) is 0. The summed E-state index contributed by atoms with van der Waals surface area (Å²) in [5.74, 6) is 0.934. The SMILES string of the molecule is C[C@H](Nc1nc2cc(C(F)(F)F)cc(Cl)c2o1)c1ncnn1-c1cnccn1.